The third-order valence-electron chi connectivity index (χ3n) is 2.80. The van der Waals surface area contributed by atoms with Crippen LogP contribution in [0.5, 0.6) is 0 Å². The van der Waals surface area contributed by atoms with Gasteiger partial charge in [-0.05, 0) is 36.2 Å². The molecule has 0 saturated heterocycles. The van der Waals surface area contributed by atoms with Crippen molar-refractivity contribution in [2.75, 3.05) is 12.3 Å². The normalized spacial score (nSPS) is 10.3. The lowest BCUT2D eigenvalue weighted by molar-refractivity contribution is 0.0953. The fraction of sp³-hybridized carbons (Fsp3) is 0.133. The second-order valence-electron chi connectivity index (χ2n) is 4.41. The fourth-order valence-corrected chi connectivity index (χ4v) is 1.79. The van der Waals surface area contributed by atoms with Crippen LogP contribution in [-0.2, 0) is 6.42 Å². The van der Waals surface area contributed by atoms with E-state index in [9.17, 15) is 13.6 Å². The van der Waals surface area contributed by atoms with E-state index in [0.29, 0.717) is 18.7 Å². The second-order valence-corrected chi connectivity index (χ2v) is 4.41. The molecule has 2 aromatic rings. The first-order valence-electron chi connectivity index (χ1n) is 6.13. The third-order valence-corrected chi connectivity index (χ3v) is 2.80. The molecule has 0 aliphatic heterocycles. The lowest BCUT2D eigenvalue weighted by Gasteiger charge is -2.06. The van der Waals surface area contributed by atoms with Gasteiger partial charge in [-0.3, -0.25) is 4.79 Å². The topological polar surface area (TPSA) is 55.1 Å². The Morgan fingerprint density at radius 2 is 1.65 bits per heavy atom. The van der Waals surface area contributed by atoms with Gasteiger partial charge in [-0.2, -0.15) is 0 Å². The Morgan fingerprint density at radius 1 is 1.05 bits per heavy atom. The van der Waals surface area contributed by atoms with Gasteiger partial charge in [0.2, 0.25) is 0 Å². The quantitative estimate of drug-likeness (QED) is 0.843. The summed E-state index contributed by atoms with van der Waals surface area (Å²) in [4.78, 5) is 11.7. The first-order chi connectivity index (χ1) is 9.54. The molecule has 104 valence electrons. The van der Waals surface area contributed by atoms with Gasteiger partial charge in [-0.25, -0.2) is 8.78 Å². The summed E-state index contributed by atoms with van der Waals surface area (Å²) in [5.41, 5.74) is 7.23. The molecule has 0 unspecified atom stereocenters. The number of benzene rings is 2. The number of rotatable bonds is 4. The lowest BCUT2D eigenvalue weighted by atomic mass is 10.1. The number of hydrogen-bond acceptors (Lipinski definition) is 2. The molecule has 0 saturated carbocycles. The number of amides is 1. The molecule has 0 aliphatic carbocycles. The Morgan fingerprint density at radius 3 is 2.25 bits per heavy atom. The number of anilines is 1. The molecule has 2 rings (SSSR count). The van der Waals surface area contributed by atoms with Crippen molar-refractivity contribution >= 4 is 11.6 Å². The molecule has 0 fully saturated rings. The van der Waals surface area contributed by atoms with Crippen LogP contribution in [0.3, 0.4) is 0 Å². The summed E-state index contributed by atoms with van der Waals surface area (Å²) in [7, 11) is 0. The molecule has 0 aromatic heterocycles. The van der Waals surface area contributed by atoms with Gasteiger partial charge >= 0.3 is 0 Å². The van der Waals surface area contributed by atoms with E-state index < -0.39 is 17.5 Å². The van der Waals surface area contributed by atoms with Crippen molar-refractivity contribution in [3.63, 3.8) is 0 Å². The summed E-state index contributed by atoms with van der Waals surface area (Å²) < 4.78 is 26.0. The molecule has 0 bridgehead atoms. The van der Waals surface area contributed by atoms with Gasteiger partial charge in [0.05, 0.1) is 0 Å². The van der Waals surface area contributed by atoms with E-state index in [1.807, 2.05) is 12.1 Å². The van der Waals surface area contributed by atoms with Crippen molar-refractivity contribution in [3.05, 3.63) is 65.2 Å². The molecule has 0 radical (unpaired) electrons. The summed E-state index contributed by atoms with van der Waals surface area (Å²) in [5, 5.41) is 2.61. The molecule has 0 atom stereocenters. The smallest absolute Gasteiger partial charge is 0.251 e. The molecule has 20 heavy (non-hydrogen) atoms. The minimum absolute atomic E-state index is 0.0280. The number of carbonyl (C=O) groups excluding carboxylic acids is 1. The first kappa shape index (κ1) is 14.0. The molecule has 0 spiro atoms. The van der Waals surface area contributed by atoms with Gasteiger partial charge in [0.25, 0.3) is 5.91 Å². The predicted molar refractivity (Wildman–Crippen MR) is 73.2 cm³/mol. The zero-order valence-corrected chi connectivity index (χ0v) is 10.7. The minimum Gasteiger partial charge on any atom is -0.399 e. The van der Waals surface area contributed by atoms with Gasteiger partial charge in [0.1, 0.15) is 11.6 Å². The van der Waals surface area contributed by atoms with E-state index in [1.165, 1.54) is 0 Å². The summed E-state index contributed by atoms with van der Waals surface area (Å²) in [6.45, 7) is 0.376. The van der Waals surface area contributed by atoms with Crippen LogP contribution in [0, 0.1) is 11.6 Å². The van der Waals surface area contributed by atoms with Crippen LogP contribution >= 0.6 is 0 Å². The van der Waals surface area contributed by atoms with Gasteiger partial charge < -0.3 is 11.1 Å². The highest BCUT2D eigenvalue weighted by Crippen LogP contribution is 2.08. The van der Waals surface area contributed by atoms with E-state index in [4.69, 9.17) is 5.73 Å². The second kappa shape index (κ2) is 6.14. The van der Waals surface area contributed by atoms with Crippen molar-refractivity contribution in [3.8, 4) is 0 Å². The van der Waals surface area contributed by atoms with Gasteiger partial charge in [0, 0.05) is 23.9 Å². The largest absolute Gasteiger partial charge is 0.399 e. The molecule has 1 amide bonds. The average Bonchev–Trinajstić information content (AvgIpc) is 2.40. The molecule has 2 aromatic carbocycles. The van der Waals surface area contributed by atoms with Crippen LogP contribution < -0.4 is 11.1 Å². The van der Waals surface area contributed by atoms with Crippen LogP contribution in [0.1, 0.15) is 15.9 Å². The summed E-state index contributed by atoms with van der Waals surface area (Å²) >= 11 is 0. The Hall–Kier alpha value is -2.43. The fourth-order valence-electron chi connectivity index (χ4n) is 1.79. The van der Waals surface area contributed by atoms with Crippen LogP contribution in [-0.4, -0.2) is 12.5 Å². The average molecular weight is 276 g/mol. The minimum atomic E-state index is -0.770. The Balaban J connectivity index is 1.90. The highest BCUT2D eigenvalue weighted by molar-refractivity contribution is 5.94. The van der Waals surface area contributed by atoms with Crippen molar-refractivity contribution in [1.29, 1.82) is 0 Å². The van der Waals surface area contributed by atoms with E-state index in [2.05, 4.69) is 5.32 Å². The highest BCUT2D eigenvalue weighted by atomic mass is 19.1. The van der Waals surface area contributed by atoms with Crippen LogP contribution in [0.4, 0.5) is 14.5 Å². The number of nitrogens with two attached hydrogens (primary N) is 1. The number of carbonyl (C=O) groups is 1. The Bertz CT molecular complexity index is 592. The SMILES string of the molecule is Nc1ccc(CCNC(=O)c2cc(F)cc(F)c2)cc1. The Labute approximate surface area is 115 Å². The van der Waals surface area contributed by atoms with E-state index in [0.717, 1.165) is 23.8 Å². The molecule has 0 aliphatic rings. The number of halogens is 2. The lowest BCUT2D eigenvalue weighted by Crippen LogP contribution is -2.25. The zero-order valence-electron chi connectivity index (χ0n) is 10.7. The predicted octanol–water partition coefficient (Wildman–Crippen LogP) is 2.52. The number of nitrogens with one attached hydrogen (secondary N) is 1. The molecular formula is C15H14F2N2O. The monoisotopic (exact) mass is 276 g/mol. The van der Waals surface area contributed by atoms with Crippen LogP contribution in [0.2, 0.25) is 0 Å². The molecule has 0 heterocycles. The van der Waals surface area contributed by atoms with Gasteiger partial charge in [0.15, 0.2) is 0 Å². The van der Waals surface area contributed by atoms with Crippen molar-refractivity contribution in [2.24, 2.45) is 0 Å². The third kappa shape index (κ3) is 3.78. The zero-order chi connectivity index (χ0) is 14.5. The number of nitrogen functional groups attached to an aromatic ring is 1. The maximum absolute atomic E-state index is 13.0. The van der Waals surface area contributed by atoms with Crippen molar-refractivity contribution < 1.29 is 13.6 Å². The standard InChI is InChI=1S/C15H14F2N2O/c16-12-7-11(8-13(17)9-12)15(20)19-6-5-10-1-3-14(18)4-2-10/h1-4,7-9H,5-6,18H2,(H,19,20). The summed E-state index contributed by atoms with van der Waals surface area (Å²) in [6, 6.07) is 10.0. The molecule has 3 N–H and O–H groups in total. The van der Waals surface area contributed by atoms with Gasteiger partial charge in [-0.15, -0.1) is 0 Å². The number of hydrogen-bond donors (Lipinski definition) is 2. The van der Waals surface area contributed by atoms with Crippen molar-refractivity contribution in [1.82, 2.24) is 5.32 Å². The van der Waals surface area contributed by atoms with E-state index in [1.54, 1.807) is 12.1 Å². The van der Waals surface area contributed by atoms with Crippen LogP contribution in [0.15, 0.2) is 42.5 Å². The van der Waals surface area contributed by atoms with E-state index >= 15 is 0 Å². The van der Waals surface area contributed by atoms with Gasteiger partial charge in [-0.1, -0.05) is 12.1 Å². The summed E-state index contributed by atoms with van der Waals surface area (Å²) in [6.07, 6.45) is 0.615. The highest BCUT2D eigenvalue weighted by Gasteiger charge is 2.08. The molecule has 5 heteroatoms. The molecular weight excluding hydrogens is 262 g/mol. The Kier molecular flexibility index (Phi) is 4.30. The molecule has 3 nitrogen and oxygen atoms in total. The van der Waals surface area contributed by atoms with Crippen LogP contribution in [0.25, 0.3) is 0 Å². The first-order valence-corrected chi connectivity index (χ1v) is 6.13. The van der Waals surface area contributed by atoms with E-state index in [-0.39, 0.29) is 5.56 Å². The maximum Gasteiger partial charge on any atom is 0.251 e. The van der Waals surface area contributed by atoms with Crippen molar-refractivity contribution in [2.45, 2.75) is 6.42 Å². The summed E-state index contributed by atoms with van der Waals surface area (Å²) in [5.74, 6) is -2.04. The maximum atomic E-state index is 13.0.